The van der Waals surface area contributed by atoms with E-state index in [4.69, 9.17) is 0 Å². The zero-order valence-corrected chi connectivity index (χ0v) is 12.2. The summed E-state index contributed by atoms with van der Waals surface area (Å²) in [6, 6.07) is 5.26. The van der Waals surface area contributed by atoms with Crippen LogP contribution in [0.25, 0.3) is 0 Å². The maximum absolute atomic E-state index is 12.7. The minimum absolute atomic E-state index is 0. The molecule has 0 bridgehead atoms. The number of hydrogen-bond donors (Lipinski definition) is 2. The maximum Gasteiger partial charge on any atom is 0.416 e. The molecule has 0 heterocycles. The Labute approximate surface area is 127 Å². The Morgan fingerprint density at radius 3 is 2.52 bits per heavy atom. The van der Waals surface area contributed by atoms with E-state index in [9.17, 15) is 18.0 Å². The third-order valence-electron chi connectivity index (χ3n) is 3.21. The summed E-state index contributed by atoms with van der Waals surface area (Å²) >= 11 is 0. The van der Waals surface area contributed by atoms with Crippen LogP contribution in [0.3, 0.4) is 0 Å². The first-order chi connectivity index (χ1) is 9.47. The smallest absolute Gasteiger partial charge is 0.351 e. The van der Waals surface area contributed by atoms with Crippen LogP contribution < -0.4 is 10.6 Å². The van der Waals surface area contributed by atoms with Gasteiger partial charge in [0.05, 0.1) is 12.1 Å². The van der Waals surface area contributed by atoms with E-state index in [-0.39, 0.29) is 37.0 Å². The molecule has 1 amide bonds. The highest BCUT2D eigenvalue weighted by Gasteiger charge is 2.32. The van der Waals surface area contributed by atoms with Crippen LogP contribution in [0, 0.1) is 5.92 Å². The Morgan fingerprint density at radius 2 is 1.90 bits per heavy atom. The molecule has 1 aliphatic carbocycles. The van der Waals surface area contributed by atoms with Crippen LogP contribution in [-0.4, -0.2) is 19.0 Å². The van der Waals surface area contributed by atoms with Gasteiger partial charge in [-0.1, -0.05) is 18.2 Å². The van der Waals surface area contributed by atoms with Gasteiger partial charge in [-0.2, -0.15) is 13.2 Å². The average molecular weight is 323 g/mol. The third kappa shape index (κ3) is 5.93. The first-order valence-electron chi connectivity index (χ1n) is 6.59. The molecule has 0 atom stereocenters. The Bertz CT molecular complexity index is 476. The number of carbonyl (C=O) groups is 1. The fourth-order valence-corrected chi connectivity index (χ4v) is 1.92. The fraction of sp³-hybridized carbons (Fsp3) is 0.500. The number of carbonyl (C=O) groups excluding carboxylic acids is 1. The first-order valence-corrected chi connectivity index (χ1v) is 6.59. The molecule has 0 radical (unpaired) electrons. The maximum atomic E-state index is 12.7. The fourth-order valence-electron chi connectivity index (χ4n) is 1.92. The zero-order valence-electron chi connectivity index (χ0n) is 11.4. The lowest BCUT2D eigenvalue weighted by molar-refractivity contribution is -0.138. The molecular weight excluding hydrogens is 305 g/mol. The van der Waals surface area contributed by atoms with E-state index in [1.807, 2.05) is 0 Å². The van der Waals surface area contributed by atoms with Crippen LogP contribution in [0.5, 0.6) is 0 Å². The number of benzene rings is 1. The Hall–Kier alpha value is -1.27. The zero-order chi connectivity index (χ0) is 14.6. The summed E-state index contributed by atoms with van der Waals surface area (Å²) < 4.78 is 38.2. The van der Waals surface area contributed by atoms with Gasteiger partial charge in [-0.15, -0.1) is 12.4 Å². The largest absolute Gasteiger partial charge is 0.416 e. The molecule has 2 N–H and O–H groups in total. The lowest BCUT2D eigenvalue weighted by Crippen LogP contribution is -2.34. The molecule has 1 aliphatic rings. The van der Waals surface area contributed by atoms with Crippen molar-refractivity contribution in [1.29, 1.82) is 0 Å². The van der Waals surface area contributed by atoms with Gasteiger partial charge in [-0.25, -0.2) is 0 Å². The molecule has 7 heteroatoms. The van der Waals surface area contributed by atoms with Gasteiger partial charge in [-0.3, -0.25) is 4.79 Å². The van der Waals surface area contributed by atoms with Crippen molar-refractivity contribution in [2.45, 2.75) is 25.6 Å². The van der Waals surface area contributed by atoms with Crippen LogP contribution in [0.15, 0.2) is 24.3 Å². The molecule has 0 unspecified atom stereocenters. The molecule has 0 spiro atoms. The van der Waals surface area contributed by atoms with Crippen molar-refractivity contribution >= 4 is 18.3 Å². The number of rotatable bonds is 6. The highest BCUT2D eigenvalue weighted by Crippen LogP contribution is 2.31. The number of halogens is 4. The van der Waals surface area contributed by atoms with Crippen LogP contribution in [0.4, 0.5) is 13.2 Å². The second-order valence-electron chi connectivity index (χ2n) is 5.01. The van der Waals surface area contributed by atoms with Gasteiger partial charge in [0.1, 0.15) is 0 Å². The summed E-state index contributed by atoms with van der Waals surface area (Å²) in [5.41, 5.74) is -0.623. The van der Waals surface area contributed by atoms with Crippen LogP contribution >= 0.6 is 12.4 Å². The summed E-state index contributed by atoms with van der Waals surface area (Å²) in [5.74, 6) is 0.372. The average Bonchev–Trinajstić information content (AvgIpc) is 3.20. The predicted molar refractivity (Wildman–Crippen MR) is 76.1 cm³/mol. The van der Waals surface area contributed by atoms with Crippen LogP contribution in [-0.2, 0) is 17.5 Å². The molecule has 0 aromatic heterocycles. The molecule has 1 aromatic rings. The van der Waals surface area contributed by atoms with Gasteiger partial charge in [0.15, 0.2) is 0 Å². The predicted octanol–water partition coefficient (Wildman–Crippen LogP) is 2.74. The van der Waals surface area contributed by atoms with Gasteiger partial charge in [0, 0.05) is 6.54 Å². The lowest BCUT2D eigenvalue weighted by atomic mass is 10.1. The van der Waals surface area contributed by atoms with Gasteiger partial charge in [0.2, 0.25) is 5.91 Å². The molecule has 21 heavy (non-hydrogen) atoms. The van der Waals surface area contributed by atoms with E-state index in [1.54, 1.807) is 0 Å². The molecule has 3 nitrogen and oxygen atoms in total. The van der Waals surface area contributed by atoms with Crippen molar-refractivity contribution in [3.63, 3.8) is 0 Å². The Kier molecular flexibility index (Phi) is 6.48. The second kappa shape index (κ2) is 7.66. The third-order valence-corrected chi connectivity index (χ3v) is 3.21. The molecule has 1 fully saturated rings. The number of alkyl halides is 3. The van der Waals surface area contributed by atoms with E-state index in [2.05, 4.69) is 10.6 Å². The highest BCUT2D eigenvalue weighted by molar-refractivity contribution is 5.85. The van der Waals surface area contributed by atoms with E-state index in [1.165, 1.54) is 31.0 Å². The van der Waals surface area contributed by atoms with Crippen molar-refractivity contribution in [1.82, 2.24) is 10.6 Å². The second-order valence-corrected chi connectivity index (χ2v) is 5.01. The molecule has 0 aliphatic heterocycles. The SMILES string of the molecule is Cl.O=C(CNCC1CC1)NCc1ccccc1C(F)(F)F. The number of hydrogen-bond acceptors (Lipinski definition) is 2. The van der Waals surface area contributed by atoms with Crippen LogP contribution in [0.2, 0.25) is 0 Å². The van der Waals surface area contributed by atoms with E-state index in [0.29, 0.717) is 5.92 Å². The lowest BCUT2D eigenvalue weighted by Gasteiger charge is -2.13. The molecule has 118 valence electrons. The summed E-state index contributed by atoms with van der Waals surface area (Å²) in [6.45, 7) is 0.830. The normalized spacial score (nSPS) is 14.4. The Balaban J connectivity index is 0.00000220. The monoisotopic (exact) mass is 322 g/mol. The molecular formula is C14H18ClF3N2O. The molecule has 1 saturated carbocycles. The van der Waals surface area contributed by atoms with Gasteiger partial charge in [0.25, 0.3) is 0 Å². The van der Waals surface area contributed by atoms with Crippen molar-refractivity contribution in [3.05, 3.63) is 35.4 Å². The quantitative estimate of drug-likeness (QED) is 0.845. The van der Waals surface area contributed by atoms with E-state index >= 15 is 0 Å². The minimum Gasteiger partial charge on any atom is -0.351 e. The molecule has 2 rings (SSSR count). The summed E-state index contributed by atoms with van der Waals surface area (Å²) in [7, 11) is 0. The van der Waals surface area contributed by atoms with Crippen LogP contribution in [0.1, 0.15) is 24.0 Å². The van der Waals surface area contributed by atoms with Gasteiger partial charge >= 0.3 is 6.18 Å². The van der Waals surface area contributed by atoms with Crippen molar-refractivity contribution in [3.8, 4) is 0 Å². The highest BCUT2D eigenvalue weighted by atomic mass is 35.5. The van der Waals surface area contributed by atoms with Crippen molar-refractivity contribution < 1.29 is 18.0 Å². The standard InChI is InChI=1S/C14H17F3N2O.ClH/c15-14(16,17)12-4-2-1-3-11(12)8-19-13(20)9-18-7-10-5-6-10;/h1-4,10,18H,5-9H2,(H,19,20);1H. The topological polar surface area (TPSA) is 41.1 Å². The van der Waals surface area contributed by atoms with Gasteiger partial charge < -0.3 is 10.6 Å². The Morgan fingerprint density at radius 1 is 1.24 bits per heavy atom. The van der Waals surface area contributed by atoms with Crippen molar-refractivity contribution in [2.75, 3.05) is 13.1 Å². The summed E-state index contributed by atoms with van der Waals surface area (Å²) in [4.78, 5) is 11.5. The minimum atomic E-state index is -4.40. The number of nitrogens with one attached hydrogen (secondary N) is 2. The van der Waals surface area contributed by atoms with Crippen molar-refractivity contribution in [2.24, 2.45) is 5.92 Å². The van der Waals surface area contributed by atoms with E-state index < -0.39 is 11.7 Å². The first kappa shape index (κ1) is 17.8. The summed E-state index contributed by atoms with van der Waals surface area (Å²) in [5, 5.41) is 5.50. The van der Waals surface area contributed by atoms with E-state index in [0.717, 1.165) is 12.6 Å². The molecule has 1 aromatic carbocycles. The summed E-state index contributed by atoms with van der Waals surface area (Å²) in [6.07, 6.45) is -2.02. The number of amides is 1. The molecule has 0 saturated heterocycles. The van der Waals surface area contributed by atoms with Gasteiger partial charge in [-0.05, 0) is 36.9 Å².